The number of hydrogen-bond donors (Lipinski definition) is 1. The molecule has 1 fully saturated rings. The standard InChI is InChI=1S/C28H36N4O3/c1-21-9-10-25(22(2)17-21)18-32(12-11-31-13-15-34-16-14-31)19-27-30-26(20-35-27)28(33)29-23(3)24-7-5-4-6-8-24/h4-10,17,20,23H,11-16,18-19H2,1-3H3,(H,29,33). The van der Waals surface area contributed by atoms with Crippen molar-refractivity contribution in [3.05, 3.63) is 88.6 Å². The van der Waals surface area contributed by atoms with E-state index in [1.807, 2.05) is 37.3 Å². The molecule has 0 saturated carbocycles. The van der Waals surface area contributed by atoms with Crippen LogP contribution in [0.4, 0.5) is 0 Å². The second-order valence-electron chi connectivity index (χ2n) is 9.33. The number of aryl methyl sites for hydroxylation is 2. The van der Waals surface area contributed by atoms with Crippen LogP contribution in [0, 0.1) is 13.8 Å². The number of carbonyl (C=O) groups excluding carboxylic acids is 1. The van der Waals surface area contributed by atoms with Gasteiger partial charge in [0.1, 0.15) is 6.26 Å². The van der Waals surface area contributed by atoms with Gasteiger partial charge in [0.15, 0.2) is 5.69 Å². The van der Waals surface area contributed by atoms with Gasteiger partial charge in [0.25, 0.3) is 5.91 Å². The molecule has 35 heavy (non-hydrogen) atoms. The third-order valence-corrected chi connectivity index (χ3v) is 6.52. The summed E-state index contributed by atoms with van der Waals surface area (Å²) in [4.78, 5) is 22.0. The first-order chi connectivity index (χ1) is 17.0. The number of nitrogens with zero attached hydrogens (tertiary/aromatic N) is 3. The van der Waals surface area contributed by atoms with Crippen LogP contribution in [0.3, 0.4) is 0 Å². The number of morpholine rings is 1. The van der Waals surface area contributed by atoms with Gasteiger partial charge in [-0.1, -0.05) is 54.1 Å². The van der Waals surface area contributed by atoms with Gasteiger partial charge in [-0.05, 0) is 37.5 Å². The van der Waals surface area contributed by atoms with Crippen molar-refractivity contribution >= 4 is 5.91 Å². The van der Waals surface area contributed by atoms with E-state index in [1.54, 1.807) is 0 Å². The minimum atomic E-state index is -0.231. The van der Waals surface area contributed by atoms with Crippen LogP contribution in [0.1, 0.15) is 51.6 Å². The lowest BCUT2D eigenvalue weighted by Crippen LogP contribution is -2.41. The van der Waals surface area contributed by atoms with Gasteiger partial charge in [0, 0.05) is 32.7 Å². The zero-order valence-electron chi connectivity index (χ0n) is 21.0. The van der Waals surface area contributed by atoms with Crippen molar-refractivity contribution in [3.8, 4) is 0 Å². The molecular weight excluding hydrogens is 440 g/mol. The summed E-state index contributed by atoms with van der Waals surface area (Å²) in [5, 5.41) is 3.01. The van der Waals surface area contributed by atoms with E-state index in [0.717, 1.165) is 51.5 Å². The molecule has 7 nitrogen and oxygen atoms in total. The molecule has 1 N–H and O–H groups in total. The van der Waals surface area contributed by atoms with E-state index in [9.17, 15) is 4.79 Å². The number of amides is 1. The highest BCUT2D eigenvalue weighted by molar-refractivity contribution is 5.92. The Kier molecular flexibility index (Phi) is 8.69. The fraction of sp³-hybridized carbons (Fsp3) is 0.429. The first-order valence-corrected chi connectivity index (χ1v) is 12.4. The molecule has 0 spiro atoms. The molecule has 1 aliphatic rings. The van der Waals surface area contributed by atoms with Gasteiger partial charge < -0.3 is 14.5 Å². The number of aromatic nitrogens is 1. The summed E-state index contributed by atoms with van der Waals surface area (Å²) in [5.41, 5.74) is 5.19. The average molecular weight is 477 g/mol. The first kappa shape index (κ1) is 25.1. The Morgan fingerprint density at radius 1 is 1.11 bits per heavy atom. The highest BCUT2D eigenvalue weighted by Gasteiger charge is 2.19. The zero-order valence-corrected chi connectivity index (χ0v) is 21.0. The minimum absolute atomic E-state index is 0.113. The fourth-order valence-corrected chi connectivity index (χ4v) is 4.36. The van der Waals surface area contributed by atoms with Crippen LogP contribution in [-0.2, 0) is 17.8 Å². The molecule has 0 aliphatic carbocycles. The highest BCUT2D eigenvalue weighted by atomic mass is 16.5. The third-order valence-electron chi connectivity index (χ3n) is 6.52. The van der Waals surface area contributed by atoms with E-state index in [1.165, 1.54) is 23.0 Å². The molecule has 1 unspecified atom stereocenters. The number of nitrogens with one attached hydrogen (secondary N) is 1. The third kappa shape index (κ3) is 7.24. The molecule has 186 valence electrons. The van der Waals surface area contributed by atoms with E-state index in [-0.39, 0.29) is 11.9 Å². The Hall–Kier alpha value is -3.00. The van der Waals surface area contributed by atoms with Crippen molar-refractivity contribution < 1.29 is 13.9 Å². The Labute approximate surface area is 208 Å². The van der Waals surface area contributed by atoms with Crippen LogP contribution >= 0.6 is 0 Å². The van der Waals surface area contributed by atoms with Crippen molar-refractivity contribution in [3.63, 3.8) is 0 Å². The second-order valence-corrected chi connectivity index (χ2v) is 9.33. The summed E-state index contributed by atoms with van der Waals surface area (Å²) >= 11 is 0. The van der Waals surface area contributed by atoms with Gasteiger partial charge >= 0.3 is 0 Å². The fourth-order valence-electron chi connectivity index (χ4n) is 4.36. The second kappa shape index (κ2) is 12.1. The van der Waals surface area contributed by atoms with Gasteiger partial charge in [-0.2, -0.15) is 0 Å². The maximum absolute atomic E-state index is 12.8. The molecule has 3 aromatic rings. The highest BCUT2D eigenvalue weighted by Crippen LogP contribution is 2.17. The number of hydrogen-bond acceptors (Lipinski definition) is 6. The predicted octanol–water partition coefficient (Wildman–Crippen LogP) is 4.12. The van der Waals surface area contributed by atoms with Crippen molar-refractivity contribution in [1.29, 1.82) is 0 Å². The monoisotopic (exact) mass is 476 g/mol. The molecule has 0 radical (unpaired) electrons. The number of rotatable bonds is 10. The molecule has 4 rings (SSSR count). The minimum Gasteiger partial charge on any atom is -0.447 e. The van der Waals surface area contributed by atoms with Gasteiger partial charge in [0.05, 0.1) is 25.8 Å². The van der Waals surface area contributed by atoms with Crippen molar-refractivity contribution in [2.24, 2.45) is 0 Å². The molecule has 2 heterocycles. The molecule has 1 aliphatic heterocycles. The van der Waals surface area contributed by atoms with Gasteiger partial charge in [-0.25, -0.2) is 4.98 Å². The van der Waals surface area contributed by atoms with Gasteiger partial charge in [-0.3, -0.25) is 14.6 Å². The number of oxazole rings is 1. The molecule has 2 aromatic carbocycles. The first-order valence-electron chi connectivity index (χ1n) is 12.4. The molecule has 1 atom stereocenters. The van der Waals surface area contributed by atoms with Crippen molar-refractivity contribution in [2.45, 2.75) is 39.9 Å². The topological polar surface area (TPSA) is 70.8 Å². The quantitative estimate of drug-likeness (QED) is 0.475. The normalized spacial score (nSPS) is 15.3. The summed E-state index contributed by atoms with van der Waals surface area (Å²) in [6.07, 6.45) is 1.46. The molecule has 0 bridgehead atoms. The Bertz CT molecular complexity index is 1090. The maximum atomic E-state index is 12.8. The van der Waals surface area contributed by atoms with Gasteiger partial charge in [0.2, 0.25) is 5.89 Å². The molecule has 1 amide bonds. The summed E-state index contributed by atoms with van der Waals surface area (Å²) in [5.74, 6) is 0.319. The molecule has 1 aromatic heterocycles. The number of carbonyl (C=O) groups is 1. The van der Waals surface area contributed by atoms with Crippen LogP contribution in [0.15, 0.2) is 59.2 Å². The lowest BCUT2D eigenvalue weighted by atomic mass is 10.1. The van der Waals surface area contributed by atoms with E-state index in [2.05, 4.69) is 52.1 Å². The van der Waals surface area contributed by atoms with E-state index < -0.39 is 0 Å². The maximum Gasteiger partial charge on any atom is 0.273 e. The Morgan fingerprint density at radius 3 is 2.63 bits per heavy atom. The molecular formula is C28H36N4O3. The predicted molar refractivity (Wildman–Crippen MR) is 136 cm³/mol. The van der Waals surface area contributed by atoms with Crippen molar-refractivity contribution in [2.75, 3.05) is 39.4 Å². The molecule has 7 heteroatoms. The largest absolute Gasteiger partial charge is 0.447 e. The van der Waals surface area contributed by atoms with E-state index in [4.69, 9.17) is 9.15 Å². The SMILES string of the molecule is Cc1ccc(CN(CCN2CCOCC2)Cc2nc(C(=O)NC(C)c3ccccc3)co2)c(C)c1. The summed E-state index contributed by atoms with van der Waals surface area (Å²) in [6.45, 7) is 12.9. The van der Waals surface area contributed by atoms with Gasteiger partial charge in [-0.15, -0.1) is 0 Å². The Morgan fingerprint density at radius 2 is 1.89 bits per heavy atom. The van der Waals surface area contributed by atoms with Crippen LogP contribution < -0.4 is 5.32 Å². The van der Waals surface area contributed by atoms with Crippen molar-refractivity contribution in [1.82, 2.24) is 20.1 Å². The summed E-state index contributed by atoms with van der Waals surface area (Å²) < 4.78 is 11.2. The molecule has 1 saturated heterocycles. The Balaban J connectivity index is 1.41. The van der Waals surface area contributed by atoms with Crippen LogP contribution in [-0.4, -0.2) is 60.1 Å². The van der Waals surface area contributed by atoms with Crippen LogP contribution in [0.25, 0.3) is 0 Å². The zero-order chi connectivity index (χ0) is 24.6. The van der Waals surface area contributed by atoms with Crippen LogP contribution in [0.2, 0.25) is 0 Å². The summed E-state index contributed by atoms with van der Waals surface area (Å²) in [7, 11) is 0. The van der Waals surface area contributed by atoms with E-state index >= 15 is 0 Å². The lowest BCUT2D eigenvalue weighted by Gasteiger charge is -2.30. The summed E-state index contributed by atoms with van der Waals surface area (Å²) in [6, 6.07) is 16.4. The smallest absolute Gasteiger partial charge is 0.273 e. The number of benzene rings is 2. The average Bonchev–Trinajstić information content (AvgIpc) is 3.34. The number of ether oxygens (including phenoxy) is 1. The lowest BCUT2D eigenvalue weighted by molar-refractivity contribution is 0.0320. The van der Waals surface area contributed by atoms with Crippen LogP contribution in [0.5, 0.6) is 0 Å². The van der Waals surface area contributed by atoms with E-state index in [0.29, 0.717) is 18.1 Å².